The van der Waals surface area contributed by atoms with Crippen molar-refractivity contribution in [3.8, 4) is 12.3 Å². The highest BCUT2D eigenvalue weighted by atomic mass is 16.2. The maximum atomic E-state index is 8.68. The summed E-state index contributed by atoms with van der Waals surface area (Å²) in [4.78, 5) is 2.22. The molecule has 0 saturated heterocycles. The first kappa shape index (κ1) is 12.8. The Kier molecular flexibility index (Phi) is 5.62. The molecule has 0 radical (unpaired) electrons. The molecule has 0 aliphatic carbocycles. The molecule has 1 aromatic heterocycles. The standard InChI is InChI=1S/C12H19N3O/c1-3-6-15-11-12(9-13-15)10-14(2)7-4-5-8-16/h1,9,11,16H,4-8,10H2,2H3. The number of unbranched alkanes of at least 4 members (excludes halogenated alkanes) is 1. The molecule has 0 spiro atoms. The molecule has 1 rings (SSSR count). The highest BCUT2D eigenvalue weighted by Crippen LogP contribution is 2.03. The number of hydrogen-bond acceptors (Lipinski definition) is 3. The molecule has 1 heterocycles. The van der Waals surface area contributed by atoms with E-state index in [1.807, 2.05) is 12.4 Å². The summed E-state index contributed by atoms with van der Waals surface area (Å²) in [6.45, 7) is 2.65. The first-order valence-corrected chi connectivity index (χ1v) is 5.50. The van der Waals surface area contributed by atoms with Crippen molar-refractivity contribution in [3.05, 3.63) is 18.0 Å². The molecule has 4 nitrogen and oxygen atoms in total. The van der Waals surface area contributed by atoms with Crippen LogP contribution in [0.3, 0.4) is 0 Å². The largest absolute Gasteiger partial charge is 0.396 e. The number of rotatable bonds is 7. The first-order valence-electron chi connectivity index (χ1n) is 5.50. The summed E-state index contributed by atoms with van der Waals surface area (Å²) in [6.07, 6.45) is 10.9. The van der Waals surface area contributed by atoms with E-state index in [1.54, 1.807) is 4.68 Å². The van der Waals surface area contributed by atoms with E-state index in [2.05, 4.69) is 23.0 Å². The van der Waals surface area contributed by atoms with Gasteiger partial charge >= 0.3 is 0 Å². The molecular weight excluding hydrogens is 202 g/mol. The van der Waals surface area contributed by atoms with E-state index in [0.717, 1.165) is 25.9 Å². The van der Waals surface area contributed by atoms with E-state index < -0.39 is 0 Å². The molecule has 1 aromatic rings. The zero-order valence-corrected chi connectivity index (χ0v) is 9.76. The topological polar surface area (TPSA) is 41.3 Å². The Bertz CT molecular complexity index is 340. The highest BCUT2D eigenvalue weighted by Gasteiger charge is 2.02. The molecule has 4 heteroatoms. The van der Waals surface area contributed by atoms with E-state index >= 15 is 0 Å². The summed E-state index contributed by atoms with van der Waals surface area (Å²) in [5.74, 6) is 2.55. The maximum Gasteiger partial charge on any atom is 0.101 e. The molecule has 0 bridgehead atoms. The molecule has 0 amide bonds. The SMILES string of the molecule is C#CCn1cc(CN(C)CCCCO)cn1. The number of hydrogen-bond donors (Lipinski definition) is 1. The number of aliphatic hydroxyl groups is 1. The van der Waals surface area contributed by atoms with Gasteiger partial charge in [-0.1, -0.05) is 5.92 Å². The van der Waals surface area contributed by atoms with Crippen LogP contribution in [0.25, 0.3) is 0 Å². The summed E-state index contributed by atoms with van der Waals surface area (Å²) in [7, 11) is 2.07. The lowest BCUT2D eigenvalue weighted by Crippen LogP contribution is -2.19. The Balaban J connectivity index is 2.32. The fraction of sp³-hybridized carbons (Fsp3) is 0.583. The Morgan fingerprint density at radius 1 is 1.56 bits per heavy atom. The molecular formula is C12H19N3O. The van der Waals surface area contributed by atoms with Crippen molar-refractivity contribution in [1.82, 2.24) is 14.7 Å². The number of terminal acetylenes is 1. The minimum atomic E-state index is 0.272. The molecule has 0 saturated carbocycles. The lowest BCUT2D eigenvalue weighted by molar-refractivity contribution is 0.261. The van der Waals surface area contributed by atoms with Gasteiger partial charge in [0.15, 0.2) is 0 Å². The van der Waals surface area contributed by atoms with E-state index in [1.165, 1.54) is 5.56 Å². The number of aliphatic hydroxyl groups excluding tert-OH is 1. The van der Waals surface area contributed by atoms with Crippen LogP contribution in [-0.2, 0) is 13.1 Å². The van der Waals surface area contributed by atoms with Gasteiger partial charge in [-0.15, -0.1) is 6.42 Å². The summed E-state index contributed by atoms with van der Waals surface area (Å²) in [5.41, 5.74) is 1.17. The predicted octanol–water partition coefficient (Wildman–Crippen LogP) is 0.721. The average molecular weight is 221 g/mol. The lowest BCUT2D eigenvalue weighted by atomic mass is 10.3. The second-order valence-electron chi connectivity index (χ2n) is 3.92. The fourth-order valence-electron chi connectivity index (χ4n) is 1.55. The van der Waals surface area contributed by atoms with Crippen LogP contribution < -0.4 is 0 Å². The minimum absolute atomic E-state index is 0.272. The van der Waals surface area contributed by atoms with Crippen molar-refractivity contribution in [2.24, 2.45) is 0 Å². The van der Waals surface area contributed by atoms with E-state index in [0.29, 0.717) is 6.54 Å². The molecule has 16 heavy (non-hydrogen) atoms. The molecule has 0 unspecified atom stereocenters. The molecule has 0 aromatic carbocycles. The number of nitrogens with zero attached hydrogens (tertiary/aromatic N) is 3. The third-order valence-electron chi connectivity index (χ3n) is 2.34. The summed E-state index contributed by atoms with van der Waals surface area (Å²) in [6, 6.07) is 0. The van der Waals surface area contributed by atoms with Gasteiger partial charge in [-0.3, -0.25) is 4.68 Å². The summed E-state index contributed by atoms with van der Waals surface area (Å²) < 4.78 is 1.76. The van der Waals surface area contributed by atoms with E-state index in [9.17, 15) is 0 Å². The van der Waals surface area contributed by atoms with Crippen LogP contribution in [0.4, 0.5) is 0 Å². The van der Waals surface area contributed by atoms with Crippen molar-refractivity contribution in [1.29, 1.82) is 0 Å². The van der Waals surface area contributed by atoms with Crippen LogP contribution in [0.2, 0.25) is 0 Å². The van der Waals surface area contributed by atoms with Gasteiger partial charge < -0.3 is 10.0 Å². The van der Waals surface area contributed by atoms with Gasteiger partial charge in [0, 0.05) is 24.9 Å². The Hall–Kier alpha value is -1.31. The number of aromatic nitrogens is 2. The van der Waals surface area contributed by atoms with Crippen LogP contribution in [0.15, 0.2) is 12.4 Å². The monoisotopic (exact) mass is 221 g/mol. The zero-order chi connectivity index (χ0) is 11.8. The van der Waals surface area contributed by atoms with Crippen molar-refractivity contribution >= 4 is 0 Å². The third-order valence-corrected chi connectivity index (χ3v) is 2.34. The van der Waals surface area contributed by atoms with Gasteiger partial charge in [-0.05, 0) is 26.4 Å². The van der Waals surface area contributed by atoms with Crippen LogP contribution in [0.5, 0.6) is 0 Å². The summed E-state index contributed by atoms with van der Waals surface area (Å²) in [5, 5.41) is 12.8. The van der Waals surface area contributed by atoms with Gasteiger partial charge in [0.05, 0.1) is 6.20 Å². The quantitative estimate of drug-likeness (QED) is 0.545. The fourth-order valence-corrected chi connectivity index (χ4v) is 1.55. The molecule has 88 valence electrons. The van der Waals surface area contributed by atoms with E-state index in [-0.39, 0.29) is 6.61 Å². The Morgan fingerprint density at radius 3 is 3.06 bits per heavy atom. The van der Waals surface area contributed by atoms with Crippen LogP contribution in [0.1, 0.15) is 18.4 Å². The lowest BCUT2D eigenvalue weighted by Gasteiger charge is -2.14. The molecule has 1 N–H and O–H groups in total. The molecule has 0 aliphatic rings. The minimum Gasteiger partial charge on any atom is -0.396 e. The van der Waals surface area contributed by atoms with Crippen molar-refractivity contribution < 1.29 is 5.11 Å². The van der Waals surface area contributed by atoms with Gasteiger partial charge in [0.1, 0.15) is 6.54 Å². The van der Waals surface area contributed by atoms with Crippen molar-refractivity contribution in [2.75, 3.05) is 20.2 Å². The smallest absolute Gasteiger partial charge is 0.101 e. The average Bonchev–Trinajstić information content (AvgIpc) is 2.66. The second-order valence-corrected chi connectivity index (χ2v) is 3.92. The molecule has 0 fully saturated rings. The normalized spacial score (nSPS) is 10.6. The van der Waals surface area contributed by atoms with Gasteiger partial charge in [0.2, 0.25) is 0 Å². The highest BCUT2D eigenvalue weighted by molar-refractivity contribution is 5.04. The van der Waals surface area contributed by atoms with Gasteiger partial charge in [-0.2, -0.15) is 5.10 Å². The Labute approximate surface area is 96.9 Å². The third kappa shape index (κ3) is 4.47. The predicted molar refractivity (Wildman–Crippen MR) is 63.7 cm³/mol. The van der Waals surface area contributed by atoms with Crippen molar-refractivity contribution in [3.63, 3.8) is 0 Å². The van der Waals surface area contributed by atoms with E-state index in [4.69, 9.17) is 11.5 Å². The van der Waals surface area contributed by atoms with Crippen LogP contribution in [0, 0.1) is 12.3 Å². The molecule has 0 atom stereocenters. The van der Waals surface area contributed by atoms with Gasteiger partial charge in [0.25, 0.3) is 0 Å². The van der Waals surface area contributed by atoms with Crippen LogP contribution >= 0.6 is 0 Å². The van der Waals surface area contributed by atoms with Crippen molar-refractivity contribution in [2.45, 2.75) is 25.9 Å². The van der Waals surface area contributed by atoms with Gasteiger partial charge in [-0.25, -0.2) is 0 Å². The second kappa shape index (κ2) is 7.04. The molecule has 0 aliphatic heterocycles. The Morgan fingerprint density at radius 2 is 2.38 bits per heavy atom. The maximum absolute atomic E-state index is 8.68. The zero-order valence-electron chi connectivity index (χ0n) is 9.76. The first-order chi connectivity index (χ1) is 7.76. The summed E-state index contributed by atoms with van der Waals surface area (Å²) >= 11 is 0. The van der Waals surface area contributed by atoms with Crippen LogP contribution in [-0.4, -0.2) is 40.0 Å².